The van der Waals surface area contributed by atoms with Gasteiger partial charge in [-0.15, -0.1) is 0 Å². The lowest BCUT2D eigenvalue weighted by Gasteiger charge is -2.07. The molecule has 0 saturated heterocycles. The van der Waals surface area contributed by atoms with Crippen molar-refractivity contribution in [3.05, 3.63) is 45.2 Å². The topological polar surface area (TPSA) is 107 Å². The fraction of sp³-hybridized carbons (Fsp3) is 0.154. The second-order valence-electron chi connectivity index (χ2n) is 4.01. The molecular formula is C13H11NO5. The molecule has 0 saturated carbocycles. The summed E-state index contributed by atoms with van der Waals surface area (Å²) in [6.45, 7) is 1.83. The third-order valence-corrected chi connectivity index (χ3v) is 2.92. The number of aryl methyl sites for hydroxylation is 1. The predicted molar refractivity (Wildman–Crippen MR) is 67.9 cm³/mol. The van der Waals surface area contributed by atoms with Gasteiger partial charge in [-0.25, -0.2) is 9.59 Å². The number of hydrogen-bond acceptors (Lipinski definition) is 3. The van der Waals surface area contributed by atoms with Crippen LogP contribution in [0.3, 0.4) is 0 Å². The van der Waals surface area contributed by atoms with Gasteiger partial charge >= 0.3 is 11.9 Å². The zero-order valence-corrected chi connectivity index (χ0v) is 10.1. The molecule has 0 aliphatic rings. The lowest BCUT2D eigenvalue weighted by Crippen LogP contribution is -2.23. The largest absolute Gasteiger partial charge is 0.477 e. The van der Waals surface area contributed by atoms with Crippen LogP contribution in [0.15, 0.2) is 23.0 Å². The molecule has 19 heavy (non-hydrogen) atoms. The first-order valence-corrected chi connectivity index (χ1v) is 5.61. The van der Waals surface area contributed by atoms with Crippen LogP contribution in [0.2, 0.25) is 0 Å². The highest BCUT2D eigenvalue weighted by Gasteiger charge is 2.23. The van der Waals surface area contributed by atoms with E-state index in [0.717, 1.165) is 0 Å². The molecule has 0 radical (unpaired) electrons. The van der Waals surface area contributed by atoms with Crippen LogP contribution in [0.25, 0.3) is 10.9 Å². The number of aromatic amines is 1. The van der Waals surface area contributed by atoms with Crippen molar-refractivity contribution in [2.24, 2.45) is 0 Å². The summed E-state index contributed by atoms with van der Waals surface area (Å²) in [5.41, 5.74) is -1.10. The molecule has 0 fully saturated rings. The second kappa shape index (κ2) is 4.56. The Hall–Kier alpha value is -2.63. The minimum Gasteiger partial charge on any atom is -0.477 e. The van der Waals surface area contributed by atoms with Gasteiger partial charge in [-0.1, -0.05) is 19.1 Å². The van der Waals surface area contributed by atoms with E-state index in [1.807, 2.05) is 6.92 Å². The summed E-state index contributed by atoms with van der Waals surface area (Å²) in [5, 5.41) is 18.3. The number of aromatic carboxylic acids is 2. The maximum Gasteiger partial charge on any atom is 0.353 e. The number of aromatic nitrogens is 1. The minimum absolute atomic E-state index is 0.229. The molecule has 1 heterocycles. The van der Waals surface area contributed by atoms with Crippen LogP contribution in [0.1, 0.15) is 33.3 Å². The highest BCUT2D eigenvalue weighted by molar-refractivity contribution is 6.03. The van der Waals surface area contributed by atoms with Gasteiger partial charge in [-0.3, -0.25) is 4.79 Å². The molecule has 3 N–H and O–H groups in total. The fourth-order valence-electron chi connectivity index (χ4n) is 2.07. The number of nitrogens with one attached hydrogen (secondary N) is 1. The molecule has 0 aliphatic carbocycles. The van der Waals surface area contributed by atoms with Crippen molar-refractivity contribution in [3.63, 3.8) is 0 Å². The highest BCUT2D eigenvalue weighted by atomic mass is 16.4. The Morgan fingerprint density at radius 2 is 1.89 bits per heavy atom. The third-order valence-electron chi connectivity index (χ3n) is 2.92. The Labute approximate surface area is 107 Å². The molecule has 2 aromatic rings. The maximum atomic E-state index is 12.2. The van der Waals surface area contributed by atoms with Crippen molar-refractivity contribution in [3.8, 4) is 0 Å². The molecule has 1 aromatic carbocycles. The van der Waals surface area contributed by atoms with Gasteiger partial charge in [0.1, 0.15) is 11.3 Å². The quantitative estimate of drug-likeness (QED) is 0.775. The van der Waals surface area contributed by atoms with E-state index in [-0.39, 0.29) is 5.39 Å². The summed E-state index contributed by atoms with van der Waals surface area (Å²) < 4.78 is 0. The normalized spacial score (nSPS) is 10.6. The molecule has 0 amide bonds. The van der Waals surface area contributed by atoms with E-state index in [4.69, 9.17) is 10.2 Å². The molecule has 2 rings (SSSR count). The zero-order chi connectivity index (χ0) is 14.2. The van der Waals surface area contributed by atoms with Crippen LogP contribution in [-0.4, -0.2) is 27.1 Å². The number of H-pyrrole nitrogens is 1. The van der Waals surface area contributed by atoms with Gasteiger partial charge in [0, 0.05) is 5.39 Å². The summed E-state index contributed by atoms with van der Waals surface area (Å²) in [6.07, 6.45) is 0.548. The number of carboxylic acid groups (broad SMARTS) is 2. The average molecular weight is 261 g/mol. The van der Waals surface area contributed by atoms with Crippen molar-refractivity contribution < 1.29 is 19.8 Å². The Morgan fingerprint density at radius 3 is 2.42 bits per heavy atom. The number of carbonyl (C=O) groups is 2. The van der Waals surface area contributed by atoms with Gasteiger partial charge < -0.3 is 15.2 Å². The van der Waals surface area contributed by atoms with Crippen molar-refractivity contribution in [1.82, 2.24) is 4.98 Å². The Balaban J connectivity index is 3.03. The molecule has 6 nitrogen and oxygen atoms in total. The number of pyridine rings is 1. The van der Waals surface area contributed by atoms with Gasteiger partial charge in [0.15, 0.2) is 0 Å². The van der Waals surface area contributed by atoms with Gasteiger partial charge in [0.25, 0.3) is 0 Å². The molecule has 0 bridgehead atoms. The van der Waals surface area contributed by atoms with E-state index in [2.05, 4.69) is 4.98 Å². The van der Waals surface area contributed by atoms with Crippen molar-refractivity contribution in [2.75, 3.05) is 0 Å². The first kappa shape index (κ1) is 12.8. The lowest BCUT2D eigenvalue weighted by atomic mass is 10.0. The van der Waals surface area contributed by atoms with Crippen LogP contribution in [0.5, 0.6) is 0 Å². The lowest BCUT2D eigenvalue weighted by molar-refractivity contribution is 0.0646. The number of benzene rings is 1. The van der Waals surface area contributed by atoms with Crippen LogP contribution < -0.4 is 5.43 Å². The van der Waals surface area contributed by atoms with E-state index in [9.17, 15) is 14.4 Å². The Bertz CT molecular complexity index is 745. The summed E-state index contributed by atoms with van der Waals surface area (Å²) in [7, 11) is 0. The molecule has 6 heteroatoms. The smallest absolute Gasteiger partial charge is 0.353 e. The van der Waals surface area contributed by atoms with Crippen molar-refractivity contribution in [2.45, 2.75) is 13.3 Å². The standard InChI is InChI=1S/C13H11NO5/c1-2-6-4-3-5-7-8(6)11(15)9(12(16)17)10(14-7)13(18)19/h3-5H,2H2,1H3,(H,14,15)(H,16,17)(H,18,19). The van der Waals surface area contributed by atoms with E-state index in [1.165, 1.54) is 0 Å². The van der Waals surface area contributed by atoms with Crippen LogP contribution in [-0.2, 0) is 6.42 Å². The molecule has 98 valence electrons. The highest BCUT2D eigenvalue weighted by Crippen LogP contribution is 2.17. The molecule has 0 aliphatic heterocycles. The van der Waals surface area contributed by atoms with Crippen LogP contribution in [0.4, 0.5) is 0 Å². The van der Waals surface area contributed by atoms with Crippen LogP contribution >= 0.6 is 0 Å². The average Bonchev–Trinajstić information content (AvgIpc) is 2.36. The fourth-order valence-corrected chi connectivity index (χ4v) is 2.07. The van der Waals surface area contributed by atoms with Gasteiger partial charge in [0.2, 0.25) is 5.43 Å². The van der Waals surface area contributed by atoms with E-state index >= 15 is 0 Å². The maximum absolute atomic E-state index is 12.2. The molecule has 1 aromatic heterocycles. The van der Waals surface area contributed by atoms with Gasteiger partial charge in [0.05, 0.1) is 5.52 Å². The van der Waals surface area contributed by atoms with Gasteiger partial charge in [-0.2, -0.15) is 0 Å². The summed E-state index contributed by atoms with van der Waals surface area (Å²) in [4.78, 5) is 36.9. The SMILES string of the molecule is CCc1cccc2[nH]c(C(=O)O)c(C(=O)O)c(=O)c12. The zero-order valence-electron chi connectivity index (χ0n) is 10.1. The summed E-state index contributed by atoms with van der Waals surface area (Å²) >= 11 is 0. The summed E-state index contributed by atoms with van der Waals surface area (Å²) in [6, 6.07) is 4.95. The number of carboxylic acids is 2. The molecule has 0 spiro atoms. The number of fused-ring (bicyclic) bond motifs is 1. The third kappa shape index (κ3) is 1.97. The van der Waals surface area contributed by atoms with Gasteiger partial charge in [-0.05, 0) is 18.1 Å². The molecule has 0 atom stereocenters. The first-order chi connectivity index (χ1) is 8.97. The van der Waals surface area contributed by atoms with Crippen molar-refractivity contribution in [1.29, 1.82) is 0 Å². The summed E-state index contributed by atoms with van der Waals surface area (Å²) in [5.74, 6) is -3.02. The first-order valence-electron chi connectivity index (χ1n) is 5.61. The molecule has 0 unspecified atom stereocenters. The van der Waals surface area contributed by atoms with Crippen molar-refractivity contribution >= 4 is 22.8 Å². The Kier molecular flexibility index (Phi) is 3.08. The number of rotatable bonds is 3. The second-order valence-corrected chi connectivity index (χ2v) is 4.01. The van der Waals surface area contributed by atoms with E-state index in [1.54, 1.807) is 18.2 Å². The number of hydrogen-bond donors (Lipinski definition) is 3. The van der Waals surface area contributed by atoms with E-state index in [0.29, 0.717) is 17.5 Å². The monoisotopic (exact) mass is 261 g/mol. The van der Waals surface area contributed by atoms with Crippen LogP contribution in [0, 0.1) is 0 Å². The Morgan fingerprint density at radius 1 is 1.21 bits per heavy atom. The molecular weight excluding hydrogens is 250 g/mol. The van der Waals surface area contributed by atoms with E-state index < -0.39 is 28.6 Å². The minimum atomic E-state index is -1.55. The predicted octanol–water partition coefficient (Wildman–Crippen LogP) is 1.49.